The molecular weight excluding hydrogens is 481 g/mol. The largest absolute Gasteiger partial charge is 0.451 e. The van der Waals surface area contributed by atoms with Gasteiger partial charge in [-0.1, -0.05) is 35.0 Å². The third kappa shape index (κ3) is 3.89. The summed E-state index contributed by atoms with van der Waals surface area (Å²) < 4.78 is 7.86. The lowest BCUT2D eigenvalue weighted by Gasteiger charge is -2.09. The molecule has 3 aromatic rings. The second-order valence-electron chi connectivity index (χ2n) is 5.28. The molecule has 3 rings (SSSR count). The Morgan fingerprint density at radius 3 is 2.58 bits per heavy atom. The van der Waals surface area contributed by atoms with Gasteiger partial charge < -0.3 is 9.73 Å². The van der Waals surface area contributed by atoms with Crippen molar-refractivity contribution < 1.29 is 9.21 Å². The van der Waals surface area contributed by atoms with Crippen LogP contribution in [0.1, 0.15) is 23.0 Å². The van der Waals surface area contributed by atoms with Gasteiger partial charge in [0.15, 0.2) is 5.76 Å². The van der Waals surface area contributed by atoms with Crippen LogP contribution >= 0.6 is 38.5 Å². The average molecular weight is 496 g/mol. The van der Waals surface area contributed by atoms with Crippen molar-refractivity contribution in [2.24, 2.45) is 0 Å². The second kappa shape index (κ2) is 7.53. The van der Waals surface area contributed by atoms with Crippen LogP contribution in [0.2, 0.25) is 0 Å². The van der Waals surface area contributed by atoms with Crippen LogP contribution in [0.25, 0.3) is 11.3 Å². The van der Waals surface area contributed by atoms with E-state index >= 15 is 0 Å². The highest BCUT2D eigenvalue weighted by Crippen LogP contribution is 2.25. The van der Waals surface area contributed by atoms with Crippen LogP contribution in [0.4, 0.5) is 5.69 Å². The molecule has 3 nitrogen and oxygen atoms in total. The van der Waals surface area contributed by atoms with Crippen molar-refractivity contribution in [3.8, 4) is 11.3 Å². The quantitative estimate of drug-likeness (QED) is 0.442. The zero-order valence-corrected chi connectivity index (χ0v) is 16.7. The van der Waals surface area contributed by atoms with E-state index in [2.05, 4.69) is 56.8 Å². The second-order valence-corrected chi connectivity index (χ2v) is 7.44. The Bertz CT molecular complexity index is 871. The highest BCUT2D eigenvalue weighted by molar-refractivity contribution is 14.1. The number of halogens is 2. The number of furan rings is 1. The molecule has 5 heteroatoms. The fourth-order valence-electron chi connectivity index (χ4n) is 2.39. The van der Waals surface area contributed by atoms with E-state index in [1.807, 2.05) is 42.5 Å². The predicted octanol–water partition coefficient (Wildman–Crippen LogP) is 6.13. The SMILES string of the molecule is CCc1cc(I)ccc1NC(=O)c1ccc(-c2ccc(Br)cc2)o1. The van der Waals surface area contributed by atoms with Gasteiger partial charge >= 0.3 is 0 Å². The van der Waals surface area contributed by atoms with Crippen LogP contribution in [0, 0.1) is 3.57 Å². The molecule has 0 aliphatic heterocycles. The Balaban J connectivity index is 1.80. The number of nitrogens with one attached hydrogen (secondary N) is 1. The van der Waals surface area contributed by atoms with E-state index in [9.17, 15) is 4.79 Å². The highest BCUT2D eigenvalue weighted by Gasteiger charge is 2.14. The monoisotopic (exact) mass is 495 g/mol. The summed E-state index contributed by atoms with van der Waals surface area (Å²) in [5, 5.41) is 2.94. The van der Waals surface area contributed by atoms with Gasteiger partial charge in [0.25, 0.3) is 5.91 Å². The highest BCUT2D eigenvalue weighted by atomic mass is 127. The molecule has 0 bridgehead atoms. The van der Waals surface area contributed by atoms with Crippen molar-refractivity contribution in [3.63, 3.8) is 0 Å². The van der Waals surface area contributed by atoms with Crippen molar-refractivity contribution in [1.29, 1.82) is 0 Å². The summed E-state index contributed by atoms with van der Waals surface area (Å²) in [5.74, 6) is 0.730. The summed E-state index contributed by atoms with van der Waals surface area (Å²) in [4.78, 5) is 12.5. The fourth-order valence-corrected chi connectivity index (χ4v) is 3.21. The van der Waals surface area contributed by atoms with Crippen LogP contribution in [0.15, 0.2) is 63.5 Å². The number of carbonyl (C=O) groups excluding carboxylic acids is 1. The minimum Gasteiger partial charge on any atom is -0.451 e. The smallest absolute Gasteiger partial charge is 0.291 e. The number of hydrogen-bond donors (Lipinski definition) is 1. The van der Waals surface area contributed by atoms with Gasteiger partial charge in [-0.15, -0.1) is 0 Å². The zero-order chi connectivity index (χ0) is 17.1. The number of rotatable bonds is 4. The van der Waals surface area contributed by atoms with Gasteiger partial charge in [0.2, 0.25) is 0 Å². The Labute approximate surface area is 162 Å². The molecule has 1 heterocycles. The molecule has 0 spiro atoms. The first kappa shape index (κ1) is 17.2. The number of benzene rings is 2. The molecule has 0 atom stereocenters. The van der Waals surface area contributed by atoms with Gasteiger partial charge in [-0.25, -0.2) is 0 Å². The normalized spacial score (nSPS) is 10.6. The zero-order valence-electron chi connectivity index (χ0n) is 13.0. The van der Waals surface area contributed by atoms with Crippen molar-refractivity contribution in [1.82, 2.24) is 0 Å². The van der Waals surface area contributed by atoms with Gasteiger partial charge in [0, 0.05) is 19.3 Å². The predicted molar refractivity (Wildman–Crippen MR) is 108 cm³/mol. The van der Waals surface area contributed by atoms with Crippen LogP contribution in [0.3, 0.4) is 0 Å². The summed E-state index contributed by atoms with van der Waals surface area (Å²) in [6.07, 6.45) is 0.856. The molecule has 2 aromatic carbocycles. The van der Waals surface area contributed by atoms with E-state index in [-0.39, 0.29) is 5.91 Å². The molecule has 0 aliphatic carbocycles. The molecule has 1 amide bonds. The number of hydrogen-bond acceptors (Lipinski definition) is 2. The molecule has 0 saturated carbocycles. The molecule has 0 radical (unpaired) electrons. The number of amides is 1. The first-order valence-electron chi connectivity index (χ1n) is 7.52. The lowest BCUT2D eigenvalue weighted by Crippen LogP contribution is -2.12. The first-order chi connectivity index (χ1) is 11.6. The molecule has 24 heavy (non-hydrogen) atoms. The first-order valence-corrected chi connectivity index (χ1v) is 9.39. The van der Waals surface area contributed by atoms with Gasteiger partial charge in [0.05, 0.1) is 0 Å². The van der Waals surface area contributed by atoms with Crippen molar-refractivity contribution >= 4 is 50.1 Å². The lowest BCUT2D eigenvalue weighted by atomic mass is 10.1. The maximum absolute atomic E-state index is 12.5. The minimum atomic E-state index is -0.241. The number of carbonyl (C=O) groups is 1. The van der Waals surface area contributed by atoms with Gasteiger partial charge in [-0.3, -0.25) is 4.79 Å². The topological polar surface area (TPSA) is 42.2 Å². The van der Waals surface area contributed by atoms with E-state index in [1.165, 1.54) is 0 Å². The third-order valence-corrected chi connectivity index (χ3v) is 4.85. The van der Waals surface area contributed by atoms with E-state index in [0.717, 1.165) is 31.3 Å². The van der Waals surface area contributed by atoms with E-state index in [4.69, 9.17) is 4.42 Å². The summed E-state index contributed by atoms with van der Waals surface area (Å²) in [5.41, 5.74) is 2.86. The molecule has 1 N–H and O–H groups in total. The lowest BCUT2D eigenvalue weighted by molar-refractivity contribution is 0.0997. The molecule has 0 aliphatic rings. The maximum Gasteiger partial charge on any atom is 0.291 e. The van der Waals surface area contributed by atoms with Gasteiger partial charge in [0.1, 0.15) is 5.76 Å². The fraction of sp³-hybridized carbons (Fsp3) is 0.105. The summed E-state index contributed by atoms with van der Waals surface area (Å²) in [7, 11) is 0. The molecule has 122 valence electrons. The van der Waals surface area contributed by atoms with Gasteiger partial charge in [-0.2, -0.15) is 0 Å². The van der Waals surface area contributed by atoms with Gasteiger partial charge in [-0.05, 0) is 77.0 Å². The van der Waals surface area contributed by atoms with Crippen molar-refractivity contribution in [2.75, 3.05) is 5.32 Å². The summed E-state index contributed by atoms with van der Waals surface area (Å²) >= 11 is 5.67. The summed E-state index contributed by atoms with van der Waals surface area (Å²) in [6, 6.07) is 17.3. The van der Waals surface area contributed by atoms with Crippen LogP contribution in [0.5, 0.6) is 0 Å². The van der Waals surface area contributed by atoms with Crippen LogP contribution < -0.4 is 5.32 Å². The molecule has 0 unspecified atom stereocenters. The Kier molecular flexibility index (Phi) is 5.40. The molecule has 0 fully saturated rings. The Morgan fingerprint density at radius 2 is 1.88 bits per heavy atom. The van der Waals surface area contributed by atoms with Crippen molar-refractivity contribution in [3.05, 3.63) is 74.0 Å². The molecule has 0 saturated heterocycles. The summed E-state index contributed by atoms with van der Waals surface area (Å²) in [6.45, 7) is 2.07. The third-order valence-electron chi connectivity index (χ3n) is 3.65. The Morgan fingerprint density at radius 1 is 1.12 bits per heavy atom. The van der Waals surface area contributed by atoms with Crippen LogP contribution in [-0.4, -0.2) is 5.91 Å². The minimum absolute atomic E-state index is 0.241. The van der Waals surface area contributed by atoms with E-state index < -0.39 is 0 Å². The number of anilines is 1. The van der Waals surface area contributed by atoms with E-state index in [0.29, 0.717) is 11.5 Å². The number of aryl methyl sites for hydroxylation is 1. The molecule has 1 aromatic heterocycles. The van der Waals surface area contributed by atoms with Crippen molar-refractivity contribution in [2.45, 2.75) is 13.3 Å². The average Bonchev–Trinajstić information content (AvgIpc) is 3.07. The Hall–Kier alpha value is -1.60. The van der Waals surface area contributed by atoms with E-state index in [1.54, 1.807) is 6.07 Å². The van der Waals surface area contributed by atoms with Crippen LogP contribution in [-0.2, 0) is 6.42 Å². The molecular formula is C19H15BrINO2. The standard InChI is InChI=1S/C19H15BrINO2/c1-2-12-11-15(21)7-8-16(12)22-19(23)18-10-9-17(24-18)13-3-5-14(20)6-4-13/h3-11H,2H2,1H3,(H,22,23). The maximum atomic E-state index is 12.5.